The molecule has 3 rings (SSSR count). The summed E-state index contributed by atoms with van der Waals surface area (Å²) < 4.78 is 8.07. The van der Waals surface area contributed by atoms with E-state index in [1.54, 1.807) is 16.2 Å². The van der Waals surface area contributed by atoms with Gasteiger partial charge >= 0.3 is 11.7 Å². The van der Waals surface area contributed by atoms with E-state index in [1.165, 1.54) is 7.11 Å². The average molecular weight is 310 g/mol. The molecule has 23 heavy (non-hydrogen) atoms. The summed E-state index contributed by atoms with van der Waals surface area (Å²) in [5, 5.41) is 0. The second kappa shape index (κ2) is 6.12. The van der Waals surface area contributed by atoms with Crippen LogP contribution in [-0.2, 0) is 29.5 Å². The molecule has 0 spiro atoms. The third-order valence-corrected chi connectivity index (χ3v) is 3.99. The molecule has 2 aromatic carbocycles. The molecule has 0 aliphatic heterocycles. The Hall–Kier alpha value is -2.82. The molecule has 0 radical (unpaired) electrons. The van der Waals surface area contributed by atoms with Crippen LogP contribution in [0.3, 0.4) is 0 Å². The lowest BCUT2D eigenvalue weighted by atomic mass is 10.1. The molecule has 0 fully saturated rings. The number of aryl methyl sites for hydroxylation is 1. The van der Waals surface area contributed by atoms with E-state index in [9.17, 15) is 9.59 Å². The maximum atomic E-state index is 12.4. The Labute approximate surface area is 133 Å². The lowest BCUT2D eigenvalue weighted by molar-refractivity contribution is -0.139. The molecule has 118 valence electrons. The Morgan fingerprint density at radius 1 is 1.00 bits per heavy atom. The van der Waals surface area contributed by atoms with Crippen LogP contribution in [0.5, 0.6) is 0 Å². The molecule has 0 atom stereocenters. The molecule has 0 saturated heterocycles. The molecule has 5 nitrogen and oxygen atoms in total. The van der Waals surface area contributed by atoms with Gasteiger partial charge in [0.25, 0.3) is 0 Å². The lowest BCUT2D eigenvalue weighted by Crippen LogP contribution is -2.22. The highest BCUT2D eigenvalue weighted by atomic mass is 16.5. The van der Waals surface area contributed by atoms with Crippen molar-refractivity contribution in [2.75, 3.05) is 7.11 Å². The minimum absolute atomic E-state index is 0.0372. The zero-order valence-corrected chi connectivity index (χ0v) is 13.2. The van der Waals surface area contributed by atoms with Gasteiger partial charge in [-0.3, -0.25) is 13.9 Å². The largest absolute Gasteiger partial charge is 0.469 e. The van der Waals surface area contributed by atoms with Gasteiger partial charge in [-0.1, -0.05) is 36.4 Å². The van der Waals surface area contributed by atoms with Crippen molar-refractivity contribution in [2.45, 2.75) is 13.0 Å². The molecular formula is C18H18N2O3. The highest BCUT2D eigenvalue weighted by Crippen LogP contribution is 2.14. The first-order valence-electron chi connectivity index (χ1n) is 7.39. The Morgan fingerprint density at radius 3 is 2.26 bits per heavy atom. The second-order valence-corrected chi connectivity index (χ2v) is 5.49. The van der Waals surface area contributed by atoms with Crippen LogP contribution in [0.25, 0.3) is 11.0 Å². The number of hydrogen-bond acceptors (Lipinski definition) is 3. The molecule has 0 aliphatic carbocycles. The summed E-state index contributed by atoms with van der Waals surface area (Å²) in [4.78, 5) is 23.7. The molecule has 0 N–H and O–H groups in total. The van der Waals surface area contributed by atoms with E-state index in [-0.39, 0.29) is 18.1 Å². The summed E-state index contributed by atoms with van der Waals surface area (Å²) in [5.74, 6) is -0.261. The van der Waals surface area contributed by atoms with Gasteiger partial charge in [0, 0.05) is 7.05 Å². The predicted octanol–water partition coefficient (Wildman–Crippen LogP) is 2.10. The molecule has 1 aromatic heterocycles. The zero-order valence-electron chi connectivity index (χ0n) is 13.2. The summed E-state index contributed by atoms with van der Waals surface area (Å²) in [6.07, 6.45) is 0.255. The molecule has 0 aliphatic rings. The first-order valence-corrected chi connectivity index (χ1v) is 7.39. The van der Waals surface area contributed by atoms with Crippen molar-refractivity contribution in [1.82, 2.24) is 9.13 Å². The van der Waals surface area contributed by atoms with Crippen LogP contribution < -0.4 is 5.69 Å². The number of carbonyl (C=O) groups excluding carboxylic acids is 1. The van der Waals surface area contributed by atoms with Crippen LogP contribution in [-0.4, -0.2) is 22.2 Å². The maximum absolute atomic E-state index is 12.4. The monoisotopic (exact) mass is 310 g/mol. The van der Waals surface area contributed by atoms with E-state index in [0.717, 1.165) is 22.2 Å². The van der Waals surface area contributed by atoms with E-state index in [1.807, 2.05) is 48.5 Å². The quantitative estimate of drug-likeness (QED) is 0.694. The van der Waals surface area contributed by atoms with Crippen LogP contribution >= 0.6 is 0 Å². The molecule has 3 aromatic rings. The minimum atomic E-state index is -0.261. The summed E-state index contributed by atoms with van der Waals surface area (Å²) in [6, 6.07) is 15.4. The van der Waals surface area contributed by atoms with Crippen molar-refractivity contribution in [2.24, 2.45) is 7.05 Å². The smallest absolute Gasteiger partial charge is 0.329 e. The van der Waals surface area contributed by atoms with Crippen molar-refractivity contribution < 1.29 is 9.53 Å². The molecule has 1 heterocycles. The van der Waals surface area contributed by atoms with Crippen molar-refractivity contribution in [3.8, 4) is 0 Å². The van der Waals surface area contributed by atoms with Crippen LogP contribution in [0.1, 0.15) is 11.1 Å². The summed E-state index contributed by atoms with van der Waals surface area (Å²) in [6.45, 7) is 0.499. The number of nitrogens with zero attached hydrogens (tertiary/aromatic N) is 2. The third-order valence-electron chi connectivity index (χ3n) is 3.99. The SMILES string of the molecule is COC(=O)Cc1ccc(Cn2c(=O)n(C)c3ccccc32)cc1. The molecule has 0 bridgehead atoms. The Morgan fingerprint density at radius 2 is 1.61 bits per heavy atom. The van der Waals surface area contributed by atoms with Gasteiger partial charge in [0.05, 0.1) is 31.1 Å². The molecular weight excluding hydrogens is 292 g/mol. The minimum Gasteiger partial charge on any atom is -0.469 e. The van der Waals surface area contributed by atoms with Crippen LogP contribution in [0.15, 0.2) is 53.3 Å². The first kappa shape index (κ1) is 15.1. The van der Waals surface area contributed by atoms with Gasteiger partial charge in [0.15, 0.2) is 0 Å². The number of esters is 1. The zero-order chi connectivity index (χ0) is 16.4. The number of para-hydroxylation sites is 2. The number of ether oxygens (including phenoxy) is 1. The van der Waals surface area contributed by atoms with Gasteiger partial charge in [0.2, 0.25) is 0 Å². The first-order chi connectivity index (χ1) is 11.1. The van der Waals surface area contributed by atoms with Crippen molar-refractivity contribution in [1.29, 1.82) is 0 Å². The number of benzene rings is 2. The lowest BCUT2D eigenvalue weighted by Gasteiger charge is -2.05. The van der Waals surface area contributed by atoms with Gasteiger partial charge in [-0.25, -0.2) is 4.79 Å². The number of imidazole rings is 1. The van der Waals surface area contributed by atoms with Crippen molar-refractivity contribution in [3.05, 3.63) is 70.1 Å². The number of hydrogen-bond donors (Lipinski definition) is 0. The number of aromatic nitrogens is 2. The van der Waals surface area contributed by atoms with E-state index in [2.05, 4.69) is 4.74 Å². The molecule has 0 amide bonds. The van der Waals surface area contributed by atoms with Crippen LogP contribution in [0.4, 0.5) is 0 Å². The summed E-state index contributed by atoms with van der Waals surface area (Å²) >= 11 is 0. The normalized spacial score (nSPS) is 10.9. The van der Waals surface area contributed by atoms with Gasteiger partial charge in [-0.2, -0.15) is 0 Å². The van der Waals surface area contributed by atoms with Gasteiger partial charge in [0.1, 0.15) is 0 Å². The summed E-state index contributed by atoms with van der Waals surface area (Å²) in [7, 11) is 3.16. The van der Waals surface area contributed by atoms with E-state index >= 15 is 0 Å². The average Bonchev–Trinajstić information content (AvgIpc) is 2.82. The van der Waals surface area contributed by atoms with E-state index in [0.29, 0.717) is 6.54 Å². The standard InChI is InChI=1S/C18H18N2O3/c1-19-15-5-3-4-6-16(15)20(18(19)22)12-14-9-7-13(8-10-14)11-17(21)23-2/h3-10H,11-12H2,1-2H3. The number of carbonyl (C=O) groups is 1. The van der Waals surface area contributed by atoms with Crippen LogP contribution in [0.2, 0.25) is 0 Å². The highest BCUT2D eigenvalue weighted by Gasteiger charge is 2.10. The van der Waals surface area contributed by atoms with Gasteiger partial charge in [-0.05, 0) is 23.3 Å². The summed E-state index contributed by atoms with van der Waals surface area (Å²) in [5.41, 5.74) is 3.70. The highest BCUT2D eigenvalue weighted by molar-refractivity contribution is 5.76. The third kappa shape index (κ3) is 2.90. The molecule has 0 saturated carbocycles. The fourth-order valence-electron chi connectivity index (χ4n) is 2.70. The Kier molecular flexibility index (Phi) is 4.02. The Balaban J connectivity index is 1.89. The van der Waals surface area contributed by atoms with E-state index in [4.69, 9.17) is 0 Å². The van der Waals surface area contributed by atoms with Crippen LogP contribution in [0, 0.1) is 0 Å². The van der Waals surface area contributed by atoms with Crippen molar-refractivity contribution >= 4 is 17.0 Å². The predicted molar refractivity (Wildman–Crippen MR) is 88.4 cm³/mol. The number of rotatable bonds is 4. The fraction of sp³-hybridized carbons (Fsp3) is 0.222. The fourth-order valence-corrected chi connectivity index (χ4v) is 2.70. The maximum Gasteiger partial charge on any atom is 0.329 e. The number of fused-ring (bicyclic) bond motifs is 1. The van der Waals surface area contributed by atoms with Gasteiger partial charge < -0.3 is 4.74 Å². The topological polar surface area (TPSA) is 53.2 Å². The van der Waals surface area contributed by atoms with Crippen molar-refractivity contribution in [3.63, 3.8) is 0 Å². The van der Waals surface area contributed by atoms with E-state index < -0.39 is 0 Å². The molecule has 5 heteroatoms. The number of methoxy groups -OCH3 is 1. The second-order valence-electron chi connectivity index (χ2n) is 5.49. The Bertz CT molecular complexity index is 904. The molecule has 0 unspecified atom stereocenters. The van der Waals surface area contributed by atoms with Gasteiger partial charge in [-0.15, -0.1) is 0 Å².